The first-order valence-corrected chi connectivity index (χ1v) is 7.05. The molecule has 2 bridgehead atoms. The lowest BCUT2D eigenvalue weighted by Crippen LogP contribution is -2.37. The van der Waals surface area contributed by atoms with Crippen molar-refractivity contribution in [2.45, 2.75) is 37.8 Å². The fourth-order valence-electron chi connectivity index (χ4n) is 3.69. The van der Waals surface area contributed by atoms with E-state index in [4.69, 9.17) is 10.9 Å². The molecule has 3 rings (SSSR count). The summed E-state index contributed by atoms with van der Waals surface area (Å²) in [6, 6.07) is 11.4. The number of hydrogen-bond donors (Lipinski definition) is 2. The van der Waals surface area contributed by atoms with Crippen molar-refractivity contribution < 1.29 is 5.21 Å². The summed E-state index contributed by atoms with van der Waals surface area (Å²) in [6.07, 6.45) is 4.58. The average molecular weight is 259 g/mol. The Labute approximate surface area is 113 Å². The van der Waals surface area contributed by atoms with Crippen LogP contribution in [0.4, 0.5) is 0 Å². The molecule has 1 aromatic carbocycles. The van der Waals surface area contributed by atoms with E-state index in [1.54, 1.807) is 0 Å². The smallest absolute Gasteiger partial charge is 0.141 e. The van der Waals surface area contributed by atoms with Gasteiger partial charge in [-0.3, -0.25) is 4.90 Å². The number of likely N-dealkylation sites (tertiary alicyclic amines) is 1. The third-order valence-electron chi connectivity index (χ3n) is 4.57. The molecule has 0 amide bonds. The molecule has 4 nitrogen and oxygen atoms in total. The summed E-state index contributed by atoms with van der Waals surface area (Å²) < 4.78 is 0. The van der Waals surface area contributed by atoms with Crippen molar-refractivity contribution >= 4 is 5.84 Å². The van der Waals surface area contributed by atoms with E-state index in [-0.39, 0.29) is 6.04 Å². The number of amidine groups is 1. The summed E-state index contributed by atoms with van der Waals surface area (Å²) in [7, 11) is 0. The van der Waals surface area contributed by atoms with Crippen LogP contribution in [0.25, 0.3) is 0 Å². The number of nitrogens with two attached hydrogens (primary N) is 1. The second kappa shape index (κ2) is 5.21. The molecule has 1 aliphatic carbocycles. The van der Waals surface area contributed by atoms with Gasteiger partial charge in [0.1, 0.15) is 5.84 Å². The summed E-state index contributed by atoms with van der Waals surface area (Å²) in [5.41, 5.74) is 7.02. The van der Waals surface area contributed by atoms with Gasteiger partial charge in [0.2, 0.25) is 0 Å². The summed E-state index contributed by atoms with van der Waals surface area (Å²) in [5.74, 6) is 1.17. The van der Waals surface area contributed by atoms with Crippen LogP contribution >= 0.6 is 0 Å². The Morgan fingerprint density at radius 3 is 2.74 bits per heavy atom. The molecular weight excluding hydrogens is 238 g/mol. The van der Waals surface area contributed by atoms with Crippen LogP contribution < -0.4 is 5.73 Å². The highest BCUT2D eigenvalue weighted by Gasteiger charge is 2.41. The predicted octanol–water partition coefficient (Wildman–Crippen LogP) is 2.35. The zero-order chi connectivity index (χ0) is 13.2. The molecule has 3 N–H and O–H groups in total. The van der Waals surface area contributed by atoms with E-state index in [2.05, 4.69) is 34.3 Å². The molecule has 1 heterocycles. The standard InChI is InChI=1S/C15H21N3O/c16-15(17-19)9-14(12-4-2-1-3-5-12)18-10-11-6-7-13(18)8-11/h1-5,11,13-14,19H,6-10H2,(H2,16,17). The van der Waals surface area contributed by atoms with Crippen LogP contribution in [0.15, 0.2) is 35.5 Å². The van der Waals surface area contributed by atoms with Crippen molar-refractivity contribution in [3.05, 3.63) is 35.9 Å². The monoisotopic (exact) mass is 259 g/mol. The van der Waals surface area contributed by atoms with Crippen LogP contribution in [0.5, 0.6) is 0 Å². The van der Waals surface area contributed by atoms with Crippen molar-refractivity contribution in [3.8, 4) is 0 Å². The zero-order valence-corrected chi connectivity index (χ0v) is 11.1. The molecule has 3 atom stereocenters. The van der Waals surface area contributed by atoms with Gasteiger partial charge < -0.3 is 10.9 Å². The normalized spacial score (nSPS) is 28.7. The van der Waals surface area contributed by atoms with E-state index in [0.717, 1.165) is 12.5 Å². The molecule has 0 spiro atoms. The summed E-state index contributed by atoms with van der Waals surface area (Å²) in [6.45, 7) is 1.16. The molecule has 0 radical (unpaired) electrons. The van der Waals surface area contributed by atoms with Gasteiger partial charge in [-0.1, -0.05) is 35.5 Å². The van der Waals surface area contributed by atoms with E-state index in [0.29, 0.717) is 18.3 Å². The second-order valence-electron chi connectivity index (χ2n) is 5.75. The maximum atomic E-state index is 8.85. The van der Waals surface area contributed by atoms with Crippen molar-refractivity contribution in [1.29, 1.82) is 0 Å². The van der Waals surface area contributed by atoms with E-state index >= 15 is 0 Å². The minimum Gasteiger partial charge on any atom is -0.409 e. The van der Waals surface area contributed by atoms with Gasteiger partial charge in [-0.2, -0.15) is 0 Å². The molecule has 19 heavy (non-hydrogen) atoms. The lowest BCUT2D eigenvalue weighted by Gasteiger charge is -2.35. The molecule has 1 aliphatic heterocycles. The third kappa shape index (κ3) is 2.45. The van der Waals surface area contributed by atoms with Crippen LogP contribution in [0.1, 0.15) is 37.3 Å². The number of piperidine rings is 1. The first-order chi connectivity index (χ1) is 9.28. The van der Waals surface area contributed by atoms with Crippen LogP contribution in [0.2, 0.25) is 0 Å². The minimum atomic E-state index is 0.243. The highest BCUT2D eigenvalue weighted by atomic mass is 16.4. The fraction of sp³-hybridized carbons (Fsp3) is 0.533. The van der Waals surface area contributed by atoms with E-state index in [9.17, 15) is 0 Å². The van der Waals surface area contributed by atoms with Crippen molar-refractivity contribution in [2.24, 2.45) is 16.8 Å². The van der Waals surface area contributed by atoms with Gasteiger partial charge in [0.15, 0.2) is 0 Å². The molecule has 1 saturated carbocycles. The quantitative estimate of drug-likeness (QED) is 0.377. The molecule has 0 aromatic heterocycles. The Morgan fingerprint density at radius 2 is 2.16 bits per heavy atom. The highest BCUT2D eigenvalue weighted by molar-refractivity contribution is 5.80. The second-order valence-corrected chi connectivity index (χ2v) is 5.75. The van der Waals surface area contributed by atoms with Gasteiger partial charge in [0.25, 0.3) is 0 Å². The van der Waals surface area contributed by atoms with E-state index < -0.39 is 0 Å². The van der Waals surface area contributed by atoms with Gasteiger partial charge in [-0.25, -0.2) is 0 Å². The average Bonchev–Trinajstić information content (AvgIpc) is 3.08. The summed E-state index contributed by atoms with van der Waals surface area (Å²) in [5, 5.41) is 12.0. The molecular formula is C15H21N3O. The minimum absolute atomic E-state index is 0.243. The van der Waals surface area contributed by atoms with Crippen LogP contribution in [-0.4, -0.2) is 28.5 Å². The fourth-order valence-corrected chi connectivity index (χ4v) is 3.69. The first kappa shape index (κ1) is 12.5. The largest absolute Gasteiger partial charge is 0.409 e. The van der Waals surface area contributed by atoms with Crippen LogP contribution in [0, 0.1) is 5.92 Å². The van der Waals surface area contributed by atoms with E-state index in [1.807, 2.05) is 6.07 Å². The predicted molar refractivity (Wildman–Crippen MR) is 75.0 cm³/mol. The van der Waals surface area contributed by atoms with Gasteiger partial charge >= 0.3 is 0 Å². The number of oxime groups is 1. The molecule has 2 aliphatic rings. The molecule has 2 fully saturated rings. The zero-order valence-electron chi connectivity index (χ0n) is 11.1. The lowest BCUT2D eigenvalue weighted by atomic mass is 9.98. The van der Waals surface area contributed by atoms with Crippen LogP contribution in [0.3, 0.4) is 0 Å². The van der Waals surface area contributed by atoms with Gasteiger partial charge in [-0.05, 0) is 30.7 Å². The number of benzene rings is 1. The Hall–Kier alpha value is -1.55. The van der Waals surface area contributed by atoms with Gasteiger partial charge in [0.05, 0.1) is 0 Å². The van der Waals surface area contributed by atoms with Crippen molar-refractivity contribution in [2.75, 3.05) is 6.54 Å². The van der Waals surface area contributed by atoms with Gasteiger partial charge in [-0.15, -0.1) is 0 Å². The van der Waals surface area contributed by atoms with Crippen molar-refractivity contribution in [1.82, 2.24) is 4.90 Å². The summed E-state index contributed by atoms with van der Waals surface area (Å²) >= 11 is 0. The summed E-state index contributed by atoms with van der Waals surface area (Å²) in [4.78, 5) is 2.56. The Kier molecular flexibility index (Phi) is 3.42. The van der Waals surface area contributed by atoms with E-state index in [1.165, 1.54) is 24.8 Å². The Bertz CT molecular complexity index is 460. The maximum absolute atomic E-state index is 8.85. The molecule has 1 aromatic rings. The Balaban J connectivity index is 1.84. The maximum Gasteiger partial charge on any atom is 0.141 e. The topological polar surface area (TPSA) is 61.8 Å². The number of hydrogen-bond acceptors (Lipinski definition) is 3. The highest BCUT2D eigenvalue weighted by Crippen LogP contribution is 2.42. The van der Waals surface area contributed by atoms with Gasteiger partial charge in [0, 0.05) is 25.0 Å². The number of rotatable bonds is 4. The van der Waals surface area contributed by atoms with Crippen LogP contribution in [-0.2, 0) is 0 Å². The Morgan fingerprint density at radius 1 is 1.37 bits per heavy atom. The molecule has 3 unspecified atom stereocenters. The third-order valence-corrected chi connectivity index (χ3v) is 4.57. The number of nitrogens with zero attached hydrogens (tertiary/aromatic N) is 2. The number of fused-ring (bicyclic) bond motifs is 2. The molecule has 4 heteroatoms. The van der Waals surface area contributed by atoms with Crippen molar-refractivity contribution in [3.63, 3.8) is 0 Å². The SMILES string of the molecule is N/C(CC(c1ccccc1)N1CC2CCC1C2)=N\O. The lowest BCUT2D eigenvalue weighted by molar-refractivity contribution is 0.151. The molecule has 1 saturated heterocycles. The molecule has 102 valence electrons. The first-order valence-electron chi connectivity index (χ1n) is 7.05.